The number of para-hydroxylation sites is 2. The number of aromatic amines is 1. The van der Waals surface area contributed by atoms with Crippen molar-refractivity contribution >= 4 is 27.0 Å². The van der Waals surface area contributed by atoms with Gasteiger partial charge >= 0.3 is 6.18 Å². The van der Waals surface area contributed by atoms with Crippen molar-refractivity contribution in [1.29, 1.82) is 0 Å². The highest BCUT2D eigenvalue weighted by Gasteiger charge is 2.40. The molecule has 1 aliphatic rings. The Balaban J connectivity index is 1.44. The fourth-order valence-electron chi connectivity index (χ4n) is 4.89. The number of hydrogen-bond acceptors (Lipinski definition) is 4. The second kappa shape index (κ2) is 10.8. The average Bonchev–Trinajstić information content (AvgIpc) is 3.37. The molecule has 1 saturated heterocycles. The van der Waals surface area contributed by atoms with Gasteiger partial charge in [-0.1, -0.05) is 55.0 Å². The minimum absolute atomic E-state index is 0.0324. The van der Waals surface area contributed by atoms with E-state index in [0.717, 1.165) is 39.1 Å². The van der Waals surface area contributed by atoms with Crippen molar-refractivity contribution in [3.63, 3.8) is 0 Å². The number of fused-ring (bicyclic) bond motifs is 1. The fourth-order valence-corrected chi connectivity index (χ4v) is 6.60. The van der Waals surface area contributed by atoms with Crippen LogP contribution >= 0.6 is 0 Å². The molecule has 0 radical (unpaired) electrons. The van der Waals surface area contributed by atoms with Gasteiger partial charge in [0, 0.05) is 6.54 Å². The normalized spacial score (nSPS) is 17.7. The number of benzene rings is 3. The number of imidazole rings is 1. The van der Waals surface area contributed by atoms with Gasteiger partial charge in [-0.25, -0.2) is 13.4 Å². The summed E-state index contributed by atoms with van der Waals surface area (Å²) in [6.45, 7) is 0.0324. The number of nitrogens with one attached hydrogen (secondary N) is 2. The molecule has 7 nitrogen and oxygen atoms in total. The molecular formula is C28H27F3N4O3S. The third kappa shape index (κ3) is 5.84. The first-order valence-electron chi connectivity index (χ1n) is 12.6. The van der Waals surface area contributed by atoms with E-state index in [1.54, 1.807) is 0 Å². The molecule has 1 fully saturated rings. The Labute approximate surface area is 224 Å². The van der Waals surface area contributed by atoms with Crippen LogP contribution in [0.3, 0.4) is 0 Å². The summed E-state index contributed by atoms with van der Waals surface area (Å²) in [5, 5.41) is 2.98. The van der Waals surface area contributed by atoms with Gasteiger partial charge in [-0.05, 0) is 55.2 Å². The molecule has 0 aliphatic carbocycles. The van der Waals surface area contributed by atoms with E-state index < -0.39 is 44.6 Å². The second-order valence-electron chi connectivity index (χ2n) is 9.54. The molecule has 1 amide bonds. The molecule has 39 heavy (non-hydrogen) atoms. The first kappa shape index (κ1) is 26.9. The van der Waals surface area contributed by atoms with Crippen molar-refractivity contribution in [2.45, 2.75) is 48.8 Å². The van der Waals surface area contributed by atoms with Crippen LogP contribution in [0, 0.1) is 0 Å². The van der Waals surface area contributed by atoms with Crippen LogP contribution in [0.2, 0.25) is 0 Å². The summed E-state index contributed by atoms with van der Waals surface area (Å²) in [4.78, 5) is 21.1. The second-order valence-corrected chi connectivity index (χ2v) is 11.4. The summed E-state index contributed by atoms with van der Waals surface area (Å²) in [6, 6.07) is 18.9. The van der Waals surface area contributed by atoms with E-state index in [1.165, 1.54) is 0 Å². The monoisotopic (exact) mass is 556 g/mol. The van der Waals surface area contributed by atoms with Crippen LogP contribution in [-0.4, -0.2) is 41.2 Å². The molecule has 5 rings (SSSR count). The van der Waals surface area contributed by atoms with Crippen LogP contribution in [0.4, 0.5) is 13.2 Å². The summed E-state index contributed by atoms with van der Waals surface area (Å²) in [7, 11) is -4.37. The summed E-state index contributed by atoms with van der Waals surface area (Å²) in [6.07, 6.45) is -2.93. The molecular weight excluding hydrogens is 529 g/mol. The summed E-state index contributed by atoms with van der Waals surface area (Å²) in [5.74, 6) is 0.00290. The standard InChI is InChI=1S/C28H27F3N4O3S/c29-28(30,31)20-11-8-12-21(18-20)39(37,38)35-16-7-6-15-25(35)27(36)34-24(17-19-9-2-1-3-10-19)26-32-22-13-4-5-14-23(22)33-26/h1-5,8-14,18,24-25H,6-7,15-17H2,(H,32,33)(H,34,36)/t24-,25?/m0/s1. The molecule has 4 aromatic rings. The number of H-pyrrole nitrogens is 1. The minimum atomic E-state index is -4.69. The van der Waals surface area contributed by atoms with E-state index in [4.69, 9.17) is 0 Å². The molecule has 11 heteroatoms. The molecule has 1 unspecified atom stereocenters. The Morgan fingerprint density at radius 2 is 1.77 bits per heavy atom. The Hall–Kier alpha value is -3.70. The predicted molar refractivity (Wildman–Crippen MR) is 140 cm³/mol. The van der Waals surface area contributed by atoms with E-state index in [2.05, 4.69) is 15.3 Å². The Bertz CT molecular complexity index is 1540. The predicted octanol–water partition coefficient (Wildman–Crippen LogP) is 5.23. The molecule has 1 aliphatic heterocycles. The lowest BCUT2D eigenvalue weighted by Crippen LogP contribution is -2.52. The number of carbonyl (C=O) groups is 1. The third-order valence-corrected chi connectivity index (χ3v) is 8.77. The van der Waals surface area contributed by atoms with Crippen molar-refractivity contribution in [2.75, 3.05) is 6.54 Å². The maximum atomic E-state index is 13.7. The highest BCUT2D eigenvalue weighted by Crippen LogP contribution is 2.33. The topological polar surface area (TPSA) is 95.2 Å². The number of amides is 1. The van der Waals surface area contributed by atoms with Crippen molar-refractivity contribution in [2.24, 2.45) is 0 Å². The highest BCUT2D eigenvalue weighted by molar-refractivity contribution is 7.89. The molecule has 2 heterocycles. The zero-order valence-corrected chi connectivity index (χ0v) is 21.7. The van der Waals surface area contributed by atoms with Gasteiger partial charge in [-0.3, -0.25) is 4.79 Å². The number of nitrogens with zero attached hydrogens (tertiary/aromatic N) is 2. The SMILES string of the molecule is O=C(N[C@@H](Cc1ccccc1)c1nc2ccccc2[nH]1)C1CCCCN1S(=O)(=O)c1cccc(C(F)(F)F)c1. The summed E-state index contributed by atoms with van der Waals surface area (Å²) < 4.78 is 67.9. The molecule has 1 aromatic heterocycles. The minimum Gasteiger partial charge on any atom is -0.344 e. The van der Waals surface area contributed by atoms with Gasteiger partial charge in [0.25, 0.3) is 0 Å². The Morgan fingerprint density at radius 3 is 2.51 bits per heavy atom. The van der Waals surface area contributed by atoms with Crippen molar-refractivity contribution in [3.8, 4) is 0 Å². The van der Waals surface area contributed by atoms with Crippen LogP contribution in [0.25, 0.3) is 11.0 Å². The van der Waals surface area contributed by atoms with Crippen LogP contribution in [0.1, 0.15) is 42.3 Å². The van der Waals surface area contributed by atoms with Crippen LogP contribution in [0.15, 0.2) is 83.8 Å². The molecule has 0 saturated carbocycles. The van der Waals surface area contributed by atoms with E-state index >= 15 is 0 Å². The number of carbonyl (C=O) groups excluding carboxylic acids is 1. The maximum Gasteiger partial charge on any atom is 0.416 e. The van der Waals surface area contributed by atoms with E-state index in [0.29, 0.717) is 31.2 Å². The number of rotatable bonds is 7. The highest BCUT2D eigenvalue weighted by atomic mass is 32.2. The molecule has 204 valence electrons. The zero-order valence-electron chi connectivity index (χ0n) is 20.9. The van der Waals surface area contributed by atoms with Crippen LogP contribution in [0.5, 0.6) is 0 Å². The molecule has 2 N–H and O–H groups in total. The smallest absolute Gasteiger partial charge is 0.344 e. The largest absolute Gasteiger partial charge is 0.416 e. The Morgan fingerprint density at radius 1 is 1.03 bits per heavy atom. The number of aromatic nitrogens is 2. The van der Waals surface area contributed by atoms with Crippen molar-refractivity contribution in [1.82, 2.24) is 19.6 Å². The van der Waals surface area contributed by atoms with Gasteiger partial charge in [0.1, 0.15) is 11.9 Å². The number of halogens is 3. The summed E-state index contributed by atoms with van der Waals surface area (Å²) in [5.41, 5.74) is 1.41. The molecule has 0 spiro atoms. The maximum absolute atomic E-state index is 13.7. The van der Waals surface area contributed by atoms with Gasteiger partial charge in [-0.15, -0.1) is 0 Å². The first-order valence-corrected chi connectivity index (χ1v) is 14.0. The lowest BCUT2D eigenvalue weighted by atomic mass is 10.0. The van der Waals surface area contributed by atoms with Crippen molar-refractivity contribution < 1.29 is 26.4 Å². The zero-order chi connectivity index (χ0) is 27.6. The molecule has 3 aromatic carbocycles. The van der Waals surface area contributed by atoms with Crippen LogP contribution < -0.4 is 5.32 Å². The number of alkyl halides is 3. The van der Waals surface area contributed by atoms with Gasteiger partial charge < -0.3 is 10.3 Å². The van der Waals surface area contributed by atoms with Gasteiger partial charge in [0.05, 0.1) is 27.5 Å². The molecule has 2 atom stereocenters. The lowest BCUT2D eigenvalue weighted by Gasteiger charge is -2.34. The third-order valence-electron chi connectivity index (χ3n) is 6.86. The van der Waals surface area contributed by atoms with Gasteiger partial charge in [0.15, 0.2) is 0 Å². The van der Waals surface area contributed by atoms with Crippen molar-refractivity contribution in [3.05, 3.63) is 95.8 Å². The van der Waals surface area contributed by atoms with E-state index in [9.17, 15) is 26.4 Å². The fraction of sp³-hybridized carbons (Fsp3) is 0.286. The summed E-state index contributed by atoms with van der Waals surface area (Å²) >= 11 is 0. The van der Waals surface area contributed by atoms with Crippen LogP contribution in [-0.2, 0) is 27.4 Å². The number of piperidine rings is 1. The van der Waals surface area contributed by atoms with E-state index in [1.807, 2.05) is 54.6 Å². The van der Waals surface area contributed by atoms with Gasteiger partial charge in [-0.2, -0.15) is 17.5 Å². The Kier molecular flexibility index (Phi) is 7.46. The molecule has 0 bridgehead atoms. The number of sulfonamides is 1. The van der Waals surface area contributed by atoms with E-state index in [-0.39, 0.29) is 13.0 Å². The quantitative estimate of drug-likeness (QED) is 0.326. The lowest BCUT2D eigenvalue weighted by molar-refractivity contribution is -0.137. The number of hydrogen-bond donors (Lipinski definition) is 2. The first-order chi connectivity index (χ1) is 18.6. The average molecular weight is 557 g/mol. The van der Waals surface area contributed by atoms with Gasteiger partial charge in [0.2, 0.25) is 15.9 Å².